The van der Waals surface area contributed by atoms with Crippen LogP contribution in [0.3, 0.4) is 0 Å². The molecule has 0 amide bonds. The maximum atomic E-state index is 9.06. The highest BCUT2D eigenvalue weighted by Crippen LogP contribution is 2.52. The first-order chi connectivity index (χ1) is 9.23. The second-order valence-corrected chi connectivity index (χ2v) is 9.81. The third-order valence-corrected chi connectivity index (χ3v) is 4.66. The van der Waals surface area contributed by atoms with Crippen LogP contribution in [0.25, 0.3) is 0 Å². The van der Waals surface area contributed by atoms with Gasteiger partial charge in [-0.3, -0.25) is 0 Å². The van der Waals surface area contributed by atoms with E-state index < -0.39 is 42.3 Å². The Morgan fingerprint density at radius 3 is 0.810 bits per heavy atom. The van der Waals surface area contributed by atoms with E-state index in [9.17, 15) is 0 Å². The van der Waals surface area contributed by atoms with Crippen LogP contribution in [-0.2, 0) is 18.5 Å². The number of rotatable bonds is 6. The van der Waals surface area contributed by atoms with E-state index in [0.717, 1.165) is 0 Å². The zero-order valence-electron chi connectivity index (χ0n) is 10.7. The summed E-state index contributed by atoms with van der Waals surface area (Å²) in [7, 11) is -12.4. The molecule has 0 bridgehead atoms. The third kappa shape index (κ3) is 9.01. The van der Waals surface area contributed by atoms with Crippen molar-refractivity contribution >= 4 is 23.8 Å². The topological polar surface area (TPSA) is 182 Å². The molecule has 9 N–H and O–H groups in total. The minimum absolute atomic E-state index is 0.172. The van der Waals surface area contributed by atoms with Gasteiger partial charge < -0.3 is 0 Å². The van der Waals surface area contributed by atoms with Crippen LogP contribution in [0.4, 0.5) is 0 Å². The highest BCUT2D eigenvalue weighted by Gasteiger charge is 2.35. The van der Waals surface area contributed by atoms with Crippen LogP contribution in [0.2, 0.25) is 0 Å². The van der Waals surface area contributed by atoms with E-state index in [-0.39, 0.29) is 16.7 Å². The van der Waals surface area contributed by atoms with Crippen LogP contribution < -0.4 is 0 Å². The zero-order valence-corrected chi connectivity index (χ0v) is 13.4. The summed E-state index contributed by atoms with van der Waals surface area (Å²) < 4.78 is 0. The molecule has 1 rings (SSSR count). The molecule has 120 valence electrons. The summed E-state index contributed by atoms with van der Waals surface area (Å²) in [5.74, 6) is 0. The molecule has 0 spiro atoms. The molecule has 0 saturated carbocycles. The molecule has 12 heteroatoms. The highest BCUT2D eigenvalue weighted by molar-refractivity contribution is 7.58. The van der Waals surface area contributed by atoms with E-state index in [2.05, 4.69) is 0 Å². The Morgan fingerprint density at radius 2 is 0.667 bits per heavy atom. The van der Waals surface area contributed by atoms with Crippen LogP contribution in [-0.4, -0.2) is 44.0 Å². The lowest BCUT2D eigenvalue weighted by Gasteiger charge is -2.11. The first-order valence-corrected chi connectivity index (χ1v) is 11.0. The van der Waals surface area contributed by atoms with Crippen molar-refractivity contribution in [1.82, 2.24) is 0 Å². The SMILES string of the molecule is O[P+](O)(O)Cc1cc(C[P+](O)(O)O)cc(C[P+](O)(O)O)c1. The number of hydrogen-bond donors (Lipinski definition) is 9. The van der Waals surface area contributed by atoms with Gasteiger partial charge in [0.2, 0.25) is 0 Å². The van der Waals surface area contributed by atoms with Gasteiger partial charge in [-0.2, -0.15) is 44.0 Å². The first kappa shape index (κ1) is 19.2. The Hall–Kier alpha value is 0.150. The van der Waals surface area contributed by atoms with E-state index in [1.54, 1.807) is 0 Å². The monoisotopic (exact) mass is 363 g/mol. The Labute approximate surface area is 122 Å². The molecule has 0 aliphatic carbocycles. The van der Waals surface area contributed by atoms with Crippen LogP contribution in [0.5, 0.6) is 0 Å². The Balaban J connectivity index is 3.13. The molecular formula is C9H18O9P3+3. The molecule has 0 aromatic heterocycles. The minimum Gasteiger partial charge on any atom is -0.193 e. The van der Waals surface area contributed by atoms with E-state index in [1.807, 2.05) is 0 Å². The standard InChI is InChI=1S/C9H18O9P3/c10-19(11,12)4-7-1-8(5-20(13,14)15)3-9(2-7)6-21(16,17)18/h1-3,10-18H,4-6H2/q+3. The summed E-state index contributed by atoms with van der Waals surface area (Å²) in [6.45, 7) is 0. The van der Waals surface area contributed by atoms with Crippen molar-refractivity contribution < 1.29 is 44.0 Å². The lowest BCUT2D eigenvalue weighted by Crippen LogP contribution is -2.01. The van der Waals surface area contributed by atoms with Crippen molar-refractivity contribution in [3.63, 3.8) is 0 Å². The fourth-order valence-electron chi connectivity index (χ4n) is 1.85. The van der Waals surface area contributed by atoms with Gasteiger partial charge in [-0.05, 0) is 34.9 Å². The van der Waals surface area contributed by atoms with Gasteiger partial charge >= 0.3 is 23.8 Å². The van der Waals surface area contributed by atoms with Crippen molar-refractivity contribution in [3.05, 3.63) is 34.9 Å². The van der Waals surface area contributed by atoms with Gasteiger partial charge in [0.1, 0.15) is 0 Å². The number of benzene rings is 1. The Kier molecular flexibility index (Phi) is 6.15. The molecule has 9 nitrogen and oxygen atoms in total. The lowest BCUT2D eigenvalue weighted by molar-refractivity contribution is 0.327. The lowest BCUT2D eigenvalue weighted by atomic mass is 10.1. The van der Waals surface area contributed by atoms with Crippen LogP contribution in [0, 0.1) is 0 Å². The van der Waals surface area contributed by atoms with Crippen molar-refractivity contribution in [2.24, 2.45) is 0 Å². The third-order valence-electron chi connectivity index (χ3n) is 2.30. The van der Waals surface area contributed by atoms with Gasteiger partial charge in [-0.25, -0.2) is 0 Å². The minimum atomic E-state index is -4.14. The average molecular weight is 363 g/mol. The summed E-state index contributed by atoms with van der Waals surface area (Å²) in [6.07, 6.45) is -1.60. The van der Waals surface area contributed by atoms with Crippen LogP contribution >= 0.6 is 23.8 Å². The Morgan fingerprint density at radius 1 is 0.476 bits per heavy atom. The molecule has 0 saturated heterocycles. The van der Waals surface area contributed by atoms with E-state index in [1.165, 1.54) is 18.2 Å². The second-order valence-electron chi connectivity index (χ2n) is 4.71. The fourth-order valence-corrected chi connectivity index (χ4v) is 3.87. The summed E-state index contributed by atoms with van der Waals surface area (Å²) in [5, 5.41) is 0. The quantitative estimate of drug-likeness (QED) is 0.298. The maximum Gasteiger partial charge on any atom is 0.408 e. The molecular weight excluding hydrogens is 345 g/mol. The van der Waals surface area contributed by atoms with Gasteiger partial charge in [-0.15, -0.1) is 0 Å². The molecule has 0 unspecified atom stereocenters. The molecule has 0 aliphatic rings. The summed E-state index contributed by atoms with van der Waals surface area (Å²) >= 11 is 0. The Bertz CT molecular complexity index is 405. The molecule has 0 fully saturated rings. The second kappa shape index (κ2) is 6.72. The van der Waals surface area contributed by atoms with Crippen LogP contribution in [0.1, 0.15) is 16.7 Å². The van der Waals surface area contributed by atoms with Crippen molar-refractivity contribution in [1.29, 1.82) is 0 Å². The first-order valence-electron chi connectivity index (χ1n) is 5.54. The van der Waals surface area contributed by atoms with Gasteiger partial charge in [0.15, 0.2) is 18.5 Å². The summed E-state index contributed by atoms with van der Waals surface area (Å²) in [6, 6.07) is 3.89. The fraction of sp³-hybridized carbons (Fsp3) is 0.333. The molecule has 0 atom stereocenters. The zero-order chi connectivity index (χ0) is 16.5. The average Bonchev–Trinajstić information content (AvgIpc) is 2.06. The van der Waals surface area contributed by atoms with Gasteiger partial charge in [-0.1, -0.05) is 0 Å². The highest BCUT2D eigenvalue weighted by atomic mass is 31.2. The van der Waals surface area contributed by atoms with Crippen molar-refractivity contribution in [2.45, 2.75) is 18.5 Å². The summed E-state index contributed by atoms with van der Waals surface area (Å²) in [5.41, 5.74) is 0.515. The maximum absolute atomic E-state index is 9.06. The van der Waals surface area contributed by atoms with Gasteiger partial charge in [0, 0.05) is 0 Å². The predicted molar refractivity (Wildman–Crippen MR) is 78.3 cm³/mol. The van der Waals surface area contributed by atoms with E-state index >= 15 is 0 Å². The molecule has 1 aromatic carbocycles. The van der Waals surface area contributed by atoms with E-state index in [0.29, 0.717) is 0 Å². The van der Waals surface area contributed by atoms with Crippen molar-refractivity contribution in [2.75, 3.05) is 0 Å². The van der Waals surface area contributed by atoms with Crippen LogP contribution in [0.15, 0.2) is 18.2 Å². The van der Waals surface area contributed by atoms with E-state index in [4.69, 9.17) is 44.0 Å². The van der Waals surface area contributed by atoms with Gasteiger partial charge in [0.25, 0.3) is 0 Å². The summed E-state index contributed by atoms with van der Waals surface area (Å²) in [4.78, 5) is 81.5. The van der Waals surface area contributed by atoms with Gasteiger partial charge in [0.05, 0.1) is 0 Å². The molecule has 0 radical (unpaired) electrons. The smallest absolute Gasteiger partial charge is 0.193 e. The molecule has 21 heavy (non-hydrogen) atoms. The predicted octanol–water partition coefficient (Wildman–Crippen LogP) is -0.595. The van der Waals surface area contributed by atoms with Crippen molar-refractivity contribution in [3.8, 4) is 0 Å². The molecule has 0 aliphatic heterocycles. The molecule has 0 heterocycles. The normalized spacial score (nSPS) is 13.6. The molecule has 1 aromatic rings. The number of hydrogen-bond acceptors (Lipinski definition) is 9. The largest absolute Gasteiger partial charge is 0.408 e.